The highest BCUT2D eigenvalue weighted by Gasteiger charge is 2.39. The number of benzene rings is 3. The monoisotopic (exact) mass is 662 g/mol. The van der Waals surface area contributed by atoms with Crippen LogP contribution in [0.3, 0.4) is 0 Å². The third-order valence-corrected chi connectivity index (χ3v) is 8.39. The molecule has 1 aliphatic heterocycles. The molecular formula is C36H31ClN6O5. The summed E-state index contributed by atoms with van der Waals surface area (Å²) in [5.74, 6) is -1.18. The molecule has 2 aromatic heterocycles. The predicted octanol–water partition coefficient (Wildman–Crippen LogP) is 6.31. The number of carbonyl (C=O) groups excluding carboxylic acids is 3. The summed E-state index contributed by atoms with van der Waals surface area (Å²) < 4.78 is 7.62. The van der Waals surface area contributed by atoms with Gasteiger partial charge in [0.1, 0.15) is 11.3 Å². The second kappa shape index (κ2) is 13.5. The van der Waals surface area contributed by atoms with E-state index >= 15 is 0 Å². The van der Waals surface area contributed by atoms with E-state index in [9.17, 15) is 19.6 Å². The van der Waals surface area contributed by atoms with Crippen LogP contribution in [0.2, 0.25) is 5.02 Å². The molecule has 0 spiro atoms. The number of hydroxylamine groups is 1. The fraction of sp³-hybridized carbons (Fsp3) is 0.139. The highest BCUT2D eigenvalue weighted by Crippen LogP contribution is 2.44. The highest BCUT2D eigenvalue weighted by molar-refractivity contribution is 6.31. The van der Waals surface area contributed by atoms with Crippen LogP contribution in [-0.2, 0) is 19.1 Å². The summed E-state index contributed by atoms with van der Waals surface area (Å²) in [6.45, 7) is 5.52. The zero-order valence-electron chi connectivity index (χ0n) is 26.3. The van der Waals surface area contributed by atoms with Crippen molar-refractivity contribution in [2.24, 2.45) is 0 Å². The van der Waals surface area contributed by atoms with Crippen molar-refractivity contribution in [2.45, 2.75) is 26.7 Å². The lowest BCUT2D eigenvalue weighted by molar-refractivity contribution is -0.138. The van der Waals surface area contributed by atoms with Crippen LogP contribution in [0.4, 0.5) is 11.4 Å². The number of esters is 1. The molecule has 6 rings (SSSR count). The topological polar surface area (TPSA) is 139 Å². The van der Waals surface area contributed by atoms with Crippen molar-refractivity contribution in [3.05, 3.63) is 130 Å². The Morgan fingerprint density at radius 1 is 1.04 bits per heavy atom. The van der Waals surface area contributed by atoms with Crippen molar-refractivity contribution < 1.29 is 24.3 Å². The van der Waals surface area contributed by atoms with Crippen LogP contribution < -0.4 is 15.7 Å². The summed E-state index contributed by atoms with van der Waals surface area (Å²) in [4.78, 5) is 47.7. The van der Waals surface area contributed by atoms with Gasteiger partial charge in [0.05, 0.1) is 41.2 Å². The molecule has 242 valence electrons. The second-order valence-electron chi connectivity index (χ2n) is 11.0. The van der Waals surface area contributed by atoms with E-state index in [4.69, 9.17) is 16.3 Å². The number of nitrogens with one attached hydrogen (secondary N) is 2. The number of allylic oxidation sites excluding steroid dienone is 1. The number of pyridine rings is 1. The third kappa shape index (κ3) is 6.04. The highest BCUT2D eigenvalue weighted by atomic mass is 35.5. The molecule has 5 aromatic rings. The average molecular weight is 663 g/mol. The zero-order valence-corrected chi connectivity index (χ0v) is 27.0. The zero-order chi connectivity index (χ0) is 33.9. The molecular weight excluding hydrogens is 632 g/mol. The normalized spacial score (nSPS) is 14.5. The lowest BCUT2D eigenvalue weighted by Gasteiger charge is -2.32. The van der Waals surface area contributed by atoms with Crippen LogP contribution in [0, 0.1) is 6.92 Å². The number of nitrogens with zero attached hydrogens (tertiary/aromatic N) is 4. The predicted molar refractivity (Wildman–Crippen MR) is 183 cm³/mol. The van der Waals surface area contributed by atoms with Gasteiger partial charge in [0.15, 0.2) is 0 Å². The number of ether oxygens (including phenoxy) is 1. The van der Waals surface area contributed by atoms with Gasteiger partial charge in [-0.2, -0.15) is 5.06 Å². The van der Waals surface area contributed by atoms with Crippen LogP contribution in [-0.4, -0.2) is 44.6 Å². The van der Waals surface area contributed by atoms with E-state index in [2.05, 4.69) is 20.6 Å². The first-order chi connectivity index (χ1) is 23.2. The quantitative estimate of drug-likeness (QED) is 0.0723. The molecule has 1 aliphatic rings. The summed E-state index contributed by atoms with van der Waals surface area (Å²) in [5, 5.41) is 16.7. The number of hydrogen-bond acceptors (Lipinski definition) is 8. The van der Waals surface area contributed by atoms with Gasteiger partial charge in [-0.1, -0.05) is 41.9 Å². The summed E-state index contributed by atoms with van der Waals surface area (Å²) in [7, 11) is 0. The van der Waals surface area contributed by atoms with Crippen LogP contribution in [0.25, 0.3) is 22.4 Å². The molecule has 0 saturated carbocycles. The number of rotatable bonds is 9. The van der Waals surface area contributed by atoms with E-state index in [1.54, 1.807) is 62.6 Å². The number of anilines is 2. The van der Waals surface area contributed by atoms with E-state index in [1.165, 1.54) is 12.1 Å². The fourth-order valence-corrected chi connectivity index (χ4v) is 6.16. The van der Waals surface area contributed by atoms with Gasteiger partial charge in [-0.25, -0.2) is 9.78 Å². The molecule has 12 heteroatoms. The fourth-order valence-electron chi connectivity index (χ4n) is 5.92. The van der Waals surface area contributed by atoms with Crippen molar-refractivity contribution in [2.75, 3.05) is 17.0 Å². The lowest BCUT2D eigenvalue weighted by atomic mass is 9.78. The number of aryl methyl sites for hydroxylation is 1. The molecule has 2 amide bonds. The van der Waals surface area contributed by atoms with Crippen molar-refractivity contribution in [1.29, 1.82) is 0 Å². The number of imidazole rings is 1. The van der Waals surface area contributed by atoms with Crippen LogP contribution in [0.1, 0.15) is 36.7 Å². The van der Waals surface area contributed by atoms with Gasteiger partial charge < -0.3 is 15.4 Å². The van der Waals surface area contributed by atoms with E-state index in [-0.39, 0.29) is 29.9 Å². The van der Waals surface area contributed by atoms with Gasteiger partial charge in [0, 0.05) is 33.9 Å². The molecule has 0 saturated heterocycles. The van der Waals surface area contributed by atoms with Gasteiger partial charge in [0.2, 0.25) is 6.41 Å². The molecule has 3 N–H and O–H groups in total. The SMILES string of the molecule is CCOC(=O)C1=C(c2ccc(-n3c(C)nc4cnccc43)cc2)NC(C)=C(C(=O)Nc2ccc(N(O)C=O)cc2)C1c1ccccc1Cl. The molecule has 0 fully saturated rings. The Bertz CT molecular complexity index is 2100. The number of amides is 2. The largest absolute Gasteiger partial charge is 0.463 e. The first kappa shape index (κ1) is 32.2. The Hall–Kier alpha value is -5.78. The maximum absolute atomic E-state index is 14.1. The Kier molecular flexibility index (Phi) is 9.06. The van der Waals surface area contributed by atoms with Crippen molar-refractivity contribution >= 4 is 58.0 Å². The number of aromatic nitrogens is 3. The molecule has 1 unspecified atom stereocenters. The lowest BCUT2D eigenvalue weighted by Crippen LogP contribution is -2.34. The van der Waals surface area contributed by atoms with Crippen molar-refractivity contribution in [3.63, 3.8) is 0 Å². The first-order valence-electron chi connectivity index (χ1n) is 15.1. The van der Waals surface area contributed by atoms with E-state index in [1.807, 2.05) is 41.8 Å². The van der Waals surface area contributed by atoms with Gasteiger partial charge >= 0.3 is 5.97 Å². The standard InChI is InChI=1S/C36H31ClN6O5/c1-4-48-36(46)33-32(27-7-5-6-8-28(27)37)31(35(45)41-24-11-15-25(16-12-24)42(47)20-44)21(2)39-34(33)23-9-13-26(14-10-23)43-22(3)40-29-19-38-18-17-30(29)43/h5-20,32,39,47H,4H2,1-3H3,(H,41,45). The van der Waals surface area contributed by atoms with E-state index in [0.717, 1.165) is 22.5 Å². The summed E-state index contributed by atoms with van der Waals surface area (Å²) >= 11 is 6.76. The van der Waals surface area contributed by atoms with E-state index < -0.39 is 17.8 Å². The molecule has 3 aromatic carbocycles. The van der Waals surface area contributed by atoms with E-state index in [0.29, 0.717) is 38.3 Å². The van der Waals surface area contributed by atoms with Gasteiger partial charge in [-0.15, -0.1) is 0 Å². The molecule has 1 atom stereocenters. The second-order valence-corrected chi connectivity index (χ2v) is 11.4. The number of halogens is 1. The average Bonchev–Trinajstić information content (AvgIpc) is 3.43. The molecule has 0 radical (unpaired) electrons. The summed E-state index contributed by atoms with van der Waals surface area (Å²) in [5.41, 5.74) is 5.92. The Balaban J connectivity index is 1.45. The first-order valence-corrected chi connectivity index (χ1v) is 15.5. The Morgan fingerprint density at radius 2 is 1.77 bits per heavy atom. The van der Waals surface area contributed by atoms with Gasteiger partial charge in [-0.3, -0.25) is 24.3 Å². The molecule has 11 nitrogen and oxygen atoms in total. The third-order valence-electron chi connectivity index (χ3n) is 8.05. The molecule has 0 aliphatic carbocycles. The molecule has 48 heavy (non-hydrogen) atoms. The maximum Gasteiger partial charge on any atom is 0.337 e. The minimum atomic E-state index is -0.900. The van der Waals surface area contributed by atoms with Crippen LogP contribution in [0.5, 0.6) is 0 Å². The van der Waals surface area contributed by atoms with Gasteiger partial charge in [0.25, 0.3) is 5.91 Å². The minimum absolute atomic E-state index is 0.116. The molecule has 3 heterocycles. The summed E-state index contributed by atoms with van der Waals surface area (Å²) in [6.07, 6.45) is 3.70. The molecule has 0 bridgehead atoms. The van der Waals surface area contributed by atoms with Crippen LogP contribution >= 0.6 is 11.6 Å². The number of hydrogen-bond donors (Lipinski definition) is 3. The number of dihydropyridines is 1. The Labute approximate surface area is 281 Å². The maximum atomic E-state index is 14.1. The minimum Gasteiger partial charge on any atom is -0.463 e. The smallest absolute Gasteiger partial charge is 0.337 e. The van der Waals surface area contributed by atoms with Gasteiger partial charge in [-0.05, 0) is 80.4 Å². The van der Waals surface area contributed by atoms with Crippen molar-refractivity contribution in [3.8, 4) is 5.69 Å². The number of fused-ring (bicyclic) bond motifs is 1. The van der Waals surface area contributed by atoms with Crippen LogP contribution in [0.15, 0.2) is 108 Å². The number of carbonyl (C=O) groups is 3. The summed E-state index contributed by atoms with van der Waals surface area (Å²) in [6, 6.07) is 22.7. The van der Waals surface area contributed by atoms with Crippen molar-refractivity contribution in [1.82, 2.24) is 19.9 Å². The Morgan fingerprint density at radius 3 is 2.46 bits per heavy atom.